The van der Waals surface area contributed by atoms with Crippen LogP contribution >= 0.6 is 0 Å². The van der Waals surface area contributed by atoms with Crippen LogP contribution in [-0.4, -0.2) is 29.9 Å². The highest BCUT2D eigenvalue weighted by Gasteiger charge is 2.41. The largest absolute Gasteiger partial charge is 0.493 e. The normalized spacial score (nSPS) is 13.6. The van der Waals surface area contributed by atoms with Gasteiger partial charge in [-0.1, -0.05) is 43.8 Å². The smallest absolute Gasteiger partial charge is 0.389 e. The Labute approximate surface area is 185 Å². The van der Waals surface area contributed by atoms with E-state index in [0.717, 1.165) is 22.2 Å². The van der Waals surface area contributed by atoms with Crippen LogP contribution in [0.25, 0.3) is 22.2 Å². The van der Waals surface area contributed by atoms with Crippen LogP contribution < -0.4 is 4.74 Å². The van der Waals surface area contributed by atoms with Gasteiger partial charge in [-0.25, -0.2) is 4.79 Å². The Bertz CT molecular complexity index is 1120. The second-order valence-corrected chi connectivity index (χ2v) is 8.42. The van der Waals surface area contributed by atoms with E-state index < -0.39 is 30.6 Å². The Morgan fingerprint density at radius 2 is 1.75 bits per heavy atom. The van der Waals surface area contributed by atoms with E-state index in [1.807, 2.05) is 48.0 Å². The summed E-state index contributed by atoms with van der Waals surface area (Å²) in [6, 6.07) is 17.4. The first-order valence-electron chi connectivity index (χ1n) is 10.1. The minimum absolute atomic E-state index is 0.128. The van der Waals surface area contributed by atoms with Crippen molar-refractivity contribution < 1.29 is 27.4 Å². The summed E-state index contributed by atoms with van der Waals surface area (Å²) < 4.78 is 52.3. The van der Waals surface area contributed by atoms with Crippen LogP contribution in [0.4, 0.5) is 13.2 Å². The first-order valence-corrected chi connectivity index (χ1v) is 10.1. The molecule has 1 atom stereocenters. The van der Waals surface area contributed by atoms with Crippen molar-refractivity contribution in [2.24, 2.45) is 12.5 Å². The number of halogens is 3. The van der Waals surface area contributed by atoms with Crippen LogP contribution in [0.15, 0.2) is 66.7 Å². The third-order valence-corrected chi connectivity index (χ3v) is 5.20. The molecular formula is C25H26F3NO3. The maximum atomic E-state index is 13.2. The van der Waals surface area contributed by atoms with Crippen LogP contribution in [0.2, 0.25) is 0 Å². The number of ether oxygens (including phenoxy) is 2. The summed E-state index contributed by atoms with van der Waals surface area (Å²) in [5.41, 5.74) is 1.66. The van der Waals surface area contributed by atoms with E-state index >= 15 is 0 Å². The lowest BCUT2D eigenvalue weighted by Crippen LogP contribution is -2.36. The maximum absolute atomic E-state index is 13.2. The number of nitrogens with zero attached hydrogens (tertiary/aromatic N) is 1. The zero-order valence-electron chi connectivity index (χ0n) is 18.3. The number of esters is 1. The quantitative estimate of drug-likeness (QED) is 0.302. The standard InChI is InChI=1S/C25H26F3NO3/c1-17(2)23(30)32-16-24(3,14-25(26,27)28)15-31-20-11-10-19-12-21(29(4)22(19)13-20)18-8-6-5-7-9-18/h5-13H,1,14-16H2,2-4H3. The number of hydrogen-bond acceptors (Lipinski definition) is 3. The molecule has 0 aliphatic carbocycles. The molecular weight excluding hydrogens is 419 g/mol. The monoisotopic (exact) mass is 445 g/mol. The average Bonchev–Trinajstić information content (AvgIpc) is 3.06. The molecule has 0 spiro atoms. The molecule has 3 aromatic rings. The highest BCUT2D eigenvalue weighted by atomic mass is 19.4. The Hall–Kier alpha value is -3.22. The molecule has 1 heterocycles. The Morgan fingerprint density at radius 1 is 1.06 bits per heavy atom. The van der Waals surface area contributed by atoms with E-state index in [0.29, 0.717) is 5.75 Å². The van der Waals surface area contributed by atoms with Gasteiger partial charge in [0.05, 0.1) is 18.5 Å². The first kappa shape index (κ1) is 23.4. The summed E-state index contributed by atoms with van der Waals surface area (Å²) >= 11 is 0. The summed E-state index contributed by atoms with van der Waals surface area (Å²) in [5.74, 6) is -0.282. The number of aryl methyl sites for hydroxylation is 1. The van der Waals surface area contributed by atoms with Crippen molar-refractivity contribution in [2.75, 3.05) is 13.2 Å². The average molecular weight is 445 g/mol. The van der Waals surface area contributed by atoms with Gasteiger partial charge >= 0.3 is 12.1 Å². The molecule has 3 rings (SSSR count). The van der Waals surface area contributed by atoms with Gasteiger partial charge in [0.2, 0.25) is 0 Å². The van der Waals surface area contributed by atoms with Crippen molar-refractivity contribution in [2.45, 2.75) is 26.4 Å². The Kier molecular flexibility index (Phi) is 6.67. The van der Waals surface area contributed by atoms with Gasteiger partial charge in [-0.2, -0.15) is 13.2 Å². The van der Waals surface area contributed by atoms with Crippen molar-refractivity contribution in [1.29, 1.82) is 0 Å². The van der Waals surface area contributed by atoms with Gasteiger partial charge in [0, 0.05) is 35.2 Å². The van der Waals surface area contributed by atoms with Crippen LogP contribution in [0.1, 0.15) is 20.3 Å². The number of carbonyl (C=O) groups is 1. The maximum Gasteiger partial charge on any atom is 0.389 e. The summed E-state index contributed by atoms with van der Waals surface area (Å²) in [6.45, 7) is 5.59. The number of alkyl halides is 3. The van der Waals surface area contributed by atoms with Gasteiger partial charge in [0.1, 0.15) is 12.4 Å². The van der Waals surface area contributed by atoms with E-state index in [9.17, 15) is 18.0 Å². The predicted octanol–water partition coefficient (Wildman–Crippen LogP) is 6.30. The lowest BCUT2D eigenvalue weighted by molar-refractivity contribution is -0.173. The number of hydrogen-bond donors (Lipinski definition) is 0. The lowest BCUT2D eigenvalue weighted by Gasteiger charge is -2.30. The van der Waals surface area contributed by atoms with Crippen molar-refractivity contribution in [3.63, 3.8) is 0 Å². The van der Waals surface area contributed by atoms with E-state index in [1.54, 1.807) is 12.1 Å². The molecule has 0 radical (unpaired) electrons. The summed E-state index contributed by atoms with van der Waals surface area (Å²) in [6.07, 6.45) is -5.57. The van der Waals surface area contributed by atoms with Gasteiger partial charge in [-0.3, -0.25) is 0 Å². The Balaban J connectivity index is 1.80. The third kappa shape index (κ3) is 5.72. The summed E-state index contributed by atoms with van der Waals surface area (Å²) in [5, 5.41) is 0.993. The summed E-state index contributed by atoms with van der Waals surface area (Å²) in [7, 11) is 1.93. The molecule has 2 aromatic carbocycles. The molecule has 0 amide bonds. The number of rotatable bonds is 8. The molecule has 4 nitrogen and oxygen atoms in total. The van der Waals surface area contributed by atoms with Gasteiger partial charge < -0.3 is 14.0 Å². The third-order valence-electron chi connectivity index (χ3n) is 5.20. The molecule has 0 aliphatic rings. The summed E-state index contributed by atoms with van der Waals surface area (Å²) in [4.78, 5) is 11.7. The fraction of sp³-hybridized carbons (Fsp3) is 0.320. The van der Waals surface area contributed by atoms with E-state index in [2.05, 4.69) is 12.6 Å². The van der Waals surface area contributed by atoms with Crippen LogP contribution in [0.3, 0.4) is 0 Å². The molecule has 0 fully saturated rings. The molecule has 170 valence electrons. The highest BCUT2D eigenvalue weighted by Crippen LogP contribution is 2.35. The van der Waals surface area contributed by atoms with E-state index in [1.165, 1.54) is 13.8 Å². The van der Waals surface area contributed by atoms with Crippen molar-refractivity contribution >= 4 is 16.9 Å². The van der Waals surface area contributed by atoms with E-state index in [-0.39, 0.29) is 12.2 Å². The molecule has 32 heavy (non-hydrogen) atoms. The Morgan fingerprint density at radius 3 is 2.38 bits per heavy atom. The van der Waals surface area contributed by atoms with Gasteiger partial charge in [-0.05, 0) is 30.7 Å². The van der Waals surface area contributed by atoms with Crippen LogP contribution in [0, 0.1) is 5.41 Å². The molecule has 0 saturated heterocycles. The molecule has 0 aliphatic heterocycles. The van der Waals surface area contributed by atoms with Gasteiger partial charge in [0.25, 0.3) is 0 Å². The van der Waals surface area contributed by atoms with Crippen molar-refractivity contribution in [1.82, 2.24) is 4.57 Å². The number of carbonyl (C=O) groups excluding carboxylic acids is 1. The topological polar surface area (TPSA) is 40.5 Å². The van der Waals surface area contributed by atoms with Crippen molar-refractivity contribution in [3.8, 4) is 17.0 Å². The van der Waals surface area contributed by atoms with Crippen molar-refractivity contribution in [3.05, 3.63) is 66.7 Å². The molecule has 0 saturated carbocycles. The second-order valence-electron chi connectivity index (χ2n) is 8.42. The first-order chi connectivity index (χ1) is 15.0. The van der Waals surface area contributed by atoms with E-state index in [4.69, 9.17) is 9.47 Å². The molecule has 1 unspecified atom stereocenters. The highest BCUT2D eigenvalue weighted by molar-refractivity contribution is 5.88. The molecule has 0 N–H and O–H groups in total. The SMILES string of the molecule is C=C(C)C(=O)OCC(C)(COc1ccc2cc(-c3ccccc3)n(C)c2c1)CC(F)(F)F. The molecule has 7 heteroatoms. The molecule has 0 bridgehead atoms. The number of benzene rings is 2. The zero-order chi connectivity index (χ0) is 23.5. The van der Waals surface area contributed by atoms with Gasteiger partial charge in [0.15, 0.2) is 0 Å². The van der Waals surface area contributed by atoms with Gasteiger partial charge in [-0.15, -0.1) is 0 Å². The number of fused-ring (bicyclic) bond motifs is 1. The fourth-order valence-corrected chi connectivity index (χ4v) is 3.53. The second kappa shape index (κ2) is 9.10. The predicted molar refractivity (Wildman–Crippen MR) is 118 cm³/mol. The number of aromatic nitrogens is 1. The fourth-order valence-electron chi connectivity index (χ4n) is 3.53. The van der Waals surface area contributed by atoms with Crippen LogP contribution in [0.5, 0.6) is 5.75 Å². The zero-order valence-corrected chi connectivity index (χ0v) is 18.3. The molecule has 1 aromatic heterocycles. The van der Waals surface area contributed by atoms with Crippen LogP contribution in [-0.2, 0) is 16.6 Å². The minimum Gasteiger partial charge on any atom is -0.493 e. The minimum atomic E-state index is -4.43. The lowest BCUT2D eigenvalue weighted by atomic mass is 9.88.